The van der Waals surface area contributed by atoms with Crippen LogP contribution in [0.5, 0.6) is 5.75 Å². The quantitative estimate of drug-likeness (QED) is 0.584. The lowest BCUT2D eigenvalue weighted by Crippen LogP contribution is -2.25. The van der Waals surface area contributed by atoms with Crippen LogP contribution in [0.4, 0.5) is 0 Å². The molecular weight excluding hydrogens is 348 g/mol. The molecule has 0 spiro atoms. The topological polar surface area (TPSA) is 33.7 Å². The molecule has 26 heavy (non-hydrogen) atoms. The summed E-state index contributed by atoms with van der Waals surface area (Å²) >= 11 is 6.22. The van der Waals surface area contributed by atoms with Crippen LogP contribution in [0.2, 0.25) is 5.02 Å². The molecule has 0 amide bonds. The number of nitrogens with one attached hydrogen (secondary N) is 1. The van der Waals surface area contributed by atoms with Crippen molar-refractivity contribution < 1.29 is 9.57 Å². The van der Waals surface area contributed by atoms with E-state index in [-0.39, 0.29) is 5.60 Å². The Morgan fingerprint density at radius 2 is 2.00 bits per heavy atom. The van der Waals surface area contributed by atoms with Crippen molar-refractivity contribution in [1.82, 2.24) is 10.4 Å². The fraction of sp³-hybridized carbons (Fsp3) is 0.333. The lowest BCUT2D eigenvalue weighted by Gasteiger charge is -2.26. The van der Waals surface area contributed by atoms with Gasteiger partial charge in [-0.1, -0.05) is 41.9 Å². The van der Waals surface area contributed by atoms with E-state index < -0.39 is 0 Å². The molecule has 0 radical (unpaired) electrons. The standard InChI is InChI=1S/C21H23ClN2O2/c1-24(2)11-6-12-25-23-20-17-13-16(22)9-10-19(17)26-21(14-18(20)21)15-7-4-3-5-8-15/h3-5,7-10,13,23H,6,11-12,14H2,1-2H3. The SMILES string of the molecule is CN(C)CCCONC1=C2CC2(c2ccccc2)Oc2ccc(Cl)cc21. The second kappa shape index (κ2) is 6.95. The molecule has 2 aromatic rings. The van der Waals surface area contributed by atoms with Crippen LogP contribution >= 0.6 is 11.6 Å². The molecule has 2 aliphatic rings. The molecule has 1 atom stereocenters. The Balaban J connectivity index is 1.60. The molecule has 2 aromatic carbocycles. The number of hydroxylamine groups is 1. The summed E-state index contributed by atoms with van der Waals surface area (Å²) in [7, 11) is 4.13. The number of rotatable bonds is 7. The molecule has 1 saturated carbocycles. The molecule has 0 bridgehead atoms. The molecule has 0 aromatic heterocycles. The number of nitrogens with zero attached hydrogens (tertiary/aromatic N) is 1. The van der Waals surface area contributed by atoms with Crippen molar-refractivity contribution in [2.75, 3.05) is 27.2 Å². The third-order valence-corrected chi connectivity index (χ3v) is 5.09. The Kier molecular flexibility index (Phi) is 4.65. The second-order valence-corrected chi connectivity index (χ2v) is 7.51. The van der Waals surface area contributed by atoms with Crippen molar-refractivity contribution >= 4 is 17.3 Å². The first-order chi connectivity index (χ1) is 12.6. The highest BCUT2D eigenvalue weighted by molar-refractivity contribution is 6.30. The predicted molar refractivity (Wildman–Crippen MR) is 104 cm³/mol. The molecule has 4 rings (SSSR count). The normalized spacial score (nSPS) is 20.5. The zero-order valence-electron chi connectivity index (χ0n) is 15.1. The van der Waals surface area contributed by atoms with Gasteiger partial charge in [0.05, 0.1) is 12.3 Å². The van der Waals surface area contributed by atoms with E-state index in [4.69, 9.17) is 21.2 Å². The highest BCUT2D eigenvalue weighted by Crippen LogP contribution is 2.61. The minimum Gasteiger partial charge on any atom is -0.477 e. The smallest absolute Gasteiger partial charge is 0.162 e. The maximum atomic E-state index is 6.40. The van der Waals surface area contributed by atoms with Gasteiger partial charge in [-0.25, -0.2) is 0 Å². The molecule has 1 heterocycles. The van der Waals surface area contributed by atoms with Crippen molar-refractivity contribution in [3.8, 4) is 5.75 Å². The van der Waals surface area contributed by atoms with Crippen molar-refractivity contribution in [1.29, 1.82) is 0 Å². The molecule has 4 nitrogen and oxygen atoms in total. The van der Waals surface area contributed by atoms with Crippen molar-refractivity contribution in [3.63, 3.8) is 0 Å². The molecule has 1 aliphatic heterocycles. The first-order valence-electron chi connectivity index (χ1n) is 8.91. The Labute approximate surface area is 159 Å². The van der Waals surface area contributed by atoms with Crippen LogP contribution in [-0.4, -0.2) is 32.1 Å². The lowest BCUT2D eigenvalue weighted by atomic mass is 10.0. The van der Waals surface area contributed by atoms with Crippen LogP contribution in [0.3, 0.4) is 0 Å². The van der Waals surface area contributed by atoms with Crippen LogP contribution in [-0.2, 0) is 10.4 Å². The van der Waals surface area contributed by atoms with Gasteiger partial charge in [-0.15, -0.1) is 0 Å². The summed E-state index contributed by atoms with van der Waals surface area (Å²) in [4.78, 5) is 7.91. The Hall–Kier alpha value is -2.01. The van der Waals surface area contributed by atoms with Crippen LogP contribution in [0.15, 0.2) is 54.1 Å². The van der Waals surface area contributed by atoms with Gasteiger partial charge in [-0.2, -0.15) is 0 Å². The average Bonchev–Trinajstić information content (AvgIpc) is 3.37. The summed E-state index contributed by atoms with van der Waals surface area (Å²) in [6, 6.07) is 16.1. The number of benzene rings is 2. The zero-order valence-corrected chi connectivity index (χ0v) is 15.8. The van der Waals surface area contributed by atoms with Gasteiger partial charge >= 0.3 is 0 Å². The first kappa shape index (κ1) is 17.4. The van der Waals surface area contributed by atoms with Crippen molar-refractivity contribution in [3.05, 3.63) is 70.3 Å². The molecular formula is C21H23ClN2O2. The highest BCUT2D eigenvalue weighted by Gasteiger charge is 2.58. The van der Waals surface area contributed by atoms with Gasteiger partial charge in [0.1, 0.15) is 5.75 Å². The zero-order chi connectivity index (χ0) is 18.1. The van der Waals surface area contributed by atoms with Gasteiger partial charge in [0.25, 0.3) is 0 Å². The van der Waals surface area contributed by atoms with Crippen LogP contribution in [0, 0.1) is 0 Å². The van der Waals surface area contributed by atoms with Gasteiger partial charge in [0.2, 0.25) is 0 Å². The monoisotopic (exact) mass is 370 g/mol. The van der Waals surface area contributed by atoms with Gasteiger partial charge in [-0.3, -0.25) is 10.3 Å². The molecule has 1 N–H and O–H groups in total. The largest absolute Gasteiger partial charge is 0.477 e. The van der Waals surface area contributed by atoms with Gasteiger partial charge < -0.3 is 9.64 Å². The van der Waals surface area contributed by atoms with E-state index >= 15 is 0 Å². The fourth-order valence-corrected chi connectivity index (χ4v) is 3.64. The van der Waals surface area contributed by atoms with E-state index in [1.807, 2.05) is 36.4 Å². The second-order valence-electron chi connectivity index (χ2n) is 7.07. The third kappa shape index (κ3) is 3.20. The maximum absolute atomic E-state index is 6.40. The number of hydrogen-bond acceptors (Lipinski definition) is 4. The predicted octanol–water partition coefficient (Wildman–Crippen LogP) is 4.22. The van der Waals surface area contributed by atoms with Gasteiger partial charge in [0, 0.05) is 28.1 Å². The Morgan fingerprint density at radius 1 is 1.19 bits per heavy atom. The number of ether oxygens (including phenoxy) is 1. The number of halogens is 1. The highest BCUT2D eigenvalue weighted by atomic mass is 35.5. The van der Waals surface area contributed by atoms with Crippen LogP contribution in [0.1, 0.15) is 24.0 Å². The van der Waals surface area contributed by atoms with E-state index in [9.17, 15) is 0 Å². The fourth-order valence-electron chi connectivity index (χ4n) is 3.46. The van der Waals surface area contributed by atoms with Crippen molar-refractivity contribution in [2.45, 2.75) is 18.4 Å². The van der Waals surface area contributed by atoms with Crippen LogP contribution < -0.4 is 10.2 Å². The van der Waals surface area contributed by atoms with E-state index in [0.29, 0.717) is 11.6 Å². The maximum Gasteiger partial charge on any atom is 0.162 e. The average molecular weight is 371 g/mol. The first-order valence-corrected chi connectivity index (χ1v) is 9.28. The minimum atomic E-state index is -0.378. The third-order valence-electron chi connectivity index (χ3n) is 4.85. The summed E-state index contributed by atoms with van der Waals surface area (Å²) in [5, 5.41) is 0.688. The van der Waals surface area contributed by atoms with E-state index in [0.717, 1.165) is 36.4 Å². The number of hydrogen-bond donors (Lipinski definition) is 1. The summed E-state index contributed by atoms with van der Waals surface area (Å²) in [6.45, 7) is 1.64. The number of fused-ring (bicyclic) bond motifs is 2. The van der Waals surface area contributed by atoms with Gasteiger partial charge in [0.15, 0.2) is 5.60 Å². The summed E-state index contributed by atoms with van der Waals surface area (Å²) in [5.41, 5.74) is 7.14. The molecule has 5 heteroatoms. The van der Waals surface area contributed by atoms with Gasteiger partial charge in [-0.05, 0) is 45.3 Å². The summed E-state index contributed by atoms with van der Waals surface area (Å²) in [5.74, 6) is 0.832. The molecule has 1 aliphatic carbocycles. The molecule has 136 valence electrons. The summed E-state index contributed by atoms with van der Waals surface area (Å²) in [6.07, 6.45) is 1.82. The minimum absolute atomic E-state index is 0.378. The molecule has 1 unspecified atom stereocenters. The molecule has 0 saturated heterocycles. The van der Waals surface area contributed by atoms with E-state index in [2.05, 4.69) is 36.6 Å². The van der Waals surface area contributed by atoms with Crippen molar-refractivity contribution in [2.24, 2.45) is 0 Å². The lowest BCUT2D eigenvalue weighted by molar-refractivity contribution is 0.0708. The molecule has 1 fully saturated rings. The van der Waals surface area contributed by atoms with E-state index in [1.54, 1.807) is 0 Å². The summed E-state index contributed by atoms with van der Waals surface area (Å²) < 4.78 is 6.40. The van der Waals surface area contributed by atoms with Crippen LogP contribution in [0.25, 0.3) is 5.70 Å². The Bertz CT molecular complexity index is 835. The Morgan fingerprint density at radius 3 is 2.77 bits per heavy atom. The van der Waals surface area contributed by atoms with E-state index in [1.165, 1.54) is 11.1 Å².